The fourth-order valence-corrected chi connectivity index (χ4v) is 3.34. The summed E-state index contributed by atoms with van der Waals surface area (Å²) in [5, 5.41) is 3.14. The summed E-state index contributed by atoms with van der Waals surface area (Å²) in [6, 6.07) is 2.06. The molecule has 2 N–H and O–H groups in total. The highest BCUT2D eigenvalue weighted by Gasteiger charge is 2.22. The molecule has 0 unspecified atom stereocenters. The molecule has 21 heavy (non-hydrogen) atoms. The summed E-state index contributed by atoms with van der Waals surface area (Å²) in [5.74, 6) is 1.19. The highest BCUT2D eigenvalue weighted by atomic mass is 32.1. The molecule has 1 amide bonds. The third-order valence-corrected chi connectivity index (χ3v) is 4.59. The number of fused-ring (bicyclic) bond motifs is 1. The third-order valence-electron chi connectivity index (χ3n) is 3.77. The Morgan fingerprint density at radius 1 is 1.29 bits per heavy atom. The van der Waals surface area contributed by atoms with E-state index in [1.807, 2.05) is 10.3 Å². The Kier molecular flexibility index (Phi) is 4.31. The van der Waals surface area contributed by atoms with Crippen LogP contribution in [0.5, 0.6) is 0 Å². The van der Waals surface area contributed by atoms with Gasteiger partial charge in [-0.05, 0) is 24.4 Å². The van der Waals surface area contributed by atoms with Crippen LogP contribution in [-0.2, 0) is 4.79 Å². The zero-order valence-corrected chi connectivity index (χ0v) is 12.7. The summed E-state index contributed by atoms with van der Waals surface area (Å²) in [5.41, 5.74) is 5.45. The van der Waals surface area contributed by atoms with E-state index in [1.54, 1.807) is 17.7 Å². The van der Waals surface area contributed by atoms with Crippen LogP contribution in [0.15, 0.2) is 17.8 Å². The third kappa shape index (κ3) is 2.98. The molecule has 0 atom stereocenters. The second kappa shape index (κ2) is 6.36. The van der Waals surface area contributed by atoms with Gasteiger partial charge in [-0.15, -0.1) is 11.3 Å². The maximum atomic E-state index is 12.0. The van der Waals surface area contributed by atoms with E-state index >= 15 is 0 Å². The van der Waals surface area contributed by atoms with Crippen molar-refractivity contribution in [2.75, 3.05) is 37.6 Å². The number of thiophene rings is 1. The second-order valence-electron chi connectivity index (χ2n) is 5.10. The molecule has 1 saturated heterocycles. The SMILES string of the molecule is NCCCC(=O)N1CCN(c2ncnc3sccc23)CC1. The molecule has 0 radical (unpaired) electrons. The minimum atomic E-state index is 0.212. The molecule has 1 aliphatic rings. The molecule has 0 aliphatic carbocycles. The molecule has 3 rings (SSSR count). The summed E-state index contributed by atoms with van der Waals surface area (Å²) in [6.45, 7) is 3.70. The Hall–Kier alpha value is -1.73. The molecule has 2 aromatic heterocycles. The summed E-state index contributed by atoms with van der Waals surface area (Å²) in [4.78, 5) is 25.9. The Morgan fingerprint density at radius 2 is 2.10 bits per heavy atom. The predicted molar refractivity (Wildman–Crippen MR) is 84.5 cm³/mol. The largest absolute Gasteiger partial charge is 0.352 e. The van der Waals surface area contributed by atoms with Gasteiger partial charge < -0.3 is 15.5 Å². The Bertz CT molecular complexity index is 621. The summed E-state index contributed by atoms with van der Waals surface area (Å²) in [7, 11) is 0. The van der Waals surface area contributed by atoms with E-state index in [4.69, 9.17) is 5.73 Å². The lowest BCUT2D eigenvalue weighted by Gasteiger charge is -2.35. The van der Waals surface area contributed by atoms with Gasteiger partial charge in [0.15, 0.2) is 0 Å². The van der Waals surface area contributed by atoms with Gasteiger partial charge >= 0.3 is 0 Å². The highest BCUT2D eigenvalue weighted by molar-refractivity contribution is 7.16. The van der Waals surface area contributed by atoms with E-state index < -0.39 is 0 Å². The summed E-state index contributed by atoms with van der Waals surface area (Å²) < 4.78 is 0. The predicted octanol–water partition coefficient (Wildman–Crippen LogP) is 1.08. The van der Waals surface area contributed by atoms with E-state index in [2.05, 4.69) is 20.9 Å². The average Bonchev–Trinajstić information content (AvgIpc) is 3.01. The number of amides is 1. The first-order chi connectivity index (χ1) is 10.3. The molecule has 3 heterocycles. The van der Waals surface area contributed by atoms with Crippen molar-refractivity contribution in [3.05, 3.63) is 17.8 Å². The smallest absolute Gasteiger partial charge is 0.222 e. The van der Waals surface area contributed by atoms with Gasteiger partial charge in [-0.3, -0.25) is 4.79 Å². The van der Waals surface area contributed by atoms with Crippen molar-refractivity contribution in [3.8, 4) is 0 Å². The van der Waals surface area contributed by atoms with E-state index in [9.17, 15) is 4.79 Å². The van der Waals surface area contributed by atoms with Gasteiger partial charge in [0.1, 0.15) is 17.0 Å². The minimum absolute atomic E-state index is 0.212. The van der Waals surface area contributed by atoms with Crippen LogP contribution in [0.2, 0.25) is 0 Å². The lowest BCUT2D eigenvalue weighted by atomic mass is 10.2. The normalized spacial score (nSPS) is 15.7. The average molecular weight is 305 g/mol. The number of carbonyl (C=O) groups excluding carboxylic acids is 1. The topological polar surface area (TPSA) is 75.4 Å². The van der Waals surface area contributed by atoms with Gasteiger partial charge in [0.05, 0.1) is 5.39 Å². The van der Waals surface area contributed by atoms with Gasteiger partial charge in [-0.1, -0.05) is 0 Å². The van der Waals surface area contributed by atoms with Crippen LogP contribution in [0.4, 0.5) is 5.82 Å². The molecule has 1 aliphatic heterocycles. The van der Waals surface area contributed by atoms with Crippen molar-refractivity contribution in [2.24, 2.45) is 5.73 Å². The van der Waals surface area contributed by atoms with Crippen LogP contribution in [-0.4, -0.2) is 53.5 Å². The minimum Gasteiger partial charge on any atom is -0.352 e. The van der Waals surface area contributed by atoms with Crippen molar-refractivity contribution in [1.82, 2.24) is 14.9 Å². The molecule has 0 spiro atoms. The maximum absolute atomic E-state index is 12.0. The van der Waals surface area contributed by atoms with Crippen molar-refractivity contribution in [3.63, 3.8) is 0 Å². The maximum Gasteiger partial charge on any atom is 0.222 e. The Morgan fingerprint density at radius 3 is 2.86 bits per heavy atom. The number of anilines is 1. The molecule has 0 saturated carbocycles. The molecular weight excluding hydrogens is 286 g/mol. The van der Waals surface area contributed by atoms with Crippen LogP contribution in [0.1, 0.15) is 12.8 Å². The molecule has 6 nitrogen and oxygen atoms in total. The number of rotatable bonds is 4. The van der Waals surface area contributed by atoms with Gasteiger partial charge in [0.25, 0.3) is 0 Å². The van der Waals surface area contributed by atoms with Crippen molar-refractivity contribution >= 4 is 33.3 Å². The molecule has 7 heteroatoms. The molecule has 0 aromatic carbocycles. The zero-order chi connectivity index (χ0) is 14.7. The molecular formula is C14H19N5OS. The highest BCUT2D eigenvalue weighted by Crippen LogP contribution is 2.27. The number of aromatic nitrogens is 2. The quantitative estimate of drug-likeness (QED) is 0.915. The lowest BCUT2D eigenvalue weighted by molar-refractivity contribution is -0.131. The van der Waals surface area contributed by atoms with Crippen LogP contribution in [0, 0.1) is 0 Å². The first-order valence-electron chi connectivity index (χ1n) is 7.20. The number of hydrogen-bond acceptors (Lipinski definition) is 6. The zero-order valence-electron chi connectivity index (χ0n) is 11.9. The van der Waals surface area contributed by atoms with Gasteiger partial charge in [0, 0.05) is 32.6 Å². The van der Waals surface area contributed by atoms with Crippen LogP contribution < -0.4 is 10.6 Å². The van der Waals surface area contributed by atoms with Gasteiger partial charge in [0.2, 0.25) is 5.91 Å². The summed E-state index contributed by atoms with van der Waals surface area (Å²) >= 11 is 1.63. The first-order valence-corrected chi connectivity index (χ1v) is 8.08. The van der Waals surface area contributed by atoms with Crippen LogP contribution in [0.25, 0.3) is 10.2 Å². The Labute approximate surface area is 127 Å². The number of nitrogens with zero attached hydrogens (tertiary/aromatic N) is 4. The van der Waals surface area contributed by atoms with Crippen LogP contribution in [0.3, 0.4) is 0 Å². The molecule has 1 fully saturated rings. The molecule has 112 valence electrons. The van der Waals surface area contributed by atoms with Gasteiger partial charge in [-0.2, -0.15) is 0 Å². The van der Waals surface area contributed by atoms with E-state index in [0.717, 1.165) is 48.6 Å². The van der Waals surface area contributed by atoms with Gasteiger partial charge in [-0.25, -0.2) is 9.97 Å². The summed E-state index contributed by atoms with van der Waals surface area (Å²) in [6.07, 6.45) is 2.94. The number of nitrogens with two attached hydrogens (primary N) is 1. The first kappa shape index (κ1) is 14.2. The van der Waals surface area contributed by atoms with E-state index in [1.165, 1.54) is 0 Å². The molecule has 2 aromatic rings. The number of piperazine rings is 1. The fraction of sp³-hybridized carbons (Fsp3) is 0.500. The van der Waals surface area contributed by atoms with Crippen molar-refractivity contribution < 1.29 is 4.79 Å². The molecule has 0 bridgehead atoms. The monoisotopic (exact) mass is 305 g/mol. The van der Waals surface area contributed by atoms with Crippen LogP contribution >= 0.6 is 11.3 Å². The standard InChI is InChI=1S/C14H19N5OS/c15-4-1-2-12(20)18-5-7-19(8-6-18)13-11-3-9-21-14(11)17-10-16-13/h3,9-10H,1-2,4-8,15H2. The number of hydrogen-bond donors (Lipinski definition) is 1. The Balaban J connectivity index is 1.66. The second-order valence-corrected chi connectivity index (χ2v) is 5.99. The van der Waals surface area contributed by atoms with Crippen molar-refractivity contribution in [1.29, 1.82) is 0 Å². The number of carbonyl (C=O) groups is 1. The lowest BCUT2D eigenvalue weighted by Crippen LogP contribution is -2.49. The fourth-order valence-electron chi connectivity index (χ4n) is 2.61. The van der Waals surface area contributed by atoms with E-state index in [0.29, 0.717) is 13.0 Å². The van der Waals surface area contributed by atoms with Crippen molar-refractivity contribution in [2.45, 2.75) is 12.8 Å². The van der Waals surface area contributed by atoms with E-state index in [-0.39, 0.29) is 5.91 Å².